The number of benzene rings is 2. The molecule has 2 aromatic rings. The second-order valence-electron chi connectivity index (χ2n) is 4.49. The van der Waals surface area contributed by atoms with Gasteiger partial charge in [0, 0.05) is 5.02 Å². The highest BCUT2D eigenvalue weighted by atomic mass is 35.5. The number of carbonyl (C=O) groups is 1. The molecule has 1 atom stereocenters. The van der Waals surface area contributed by atoms with Crippen molar-refractivity contribution in [1.29, 1.82) is 0 Å². The van der Waals surface area contributed by atoms with E-state index < -0.39 is 0 Å². The molecule has 0 aromatic heterocycles. The number of carbonyl (C=O) groups excluding carboxylic acids is 1. The fourth-order valence-corrected chi connectivity index (χ4v) is 2.08. The molecule has 0 saturated heterocycles. The molecule has 0 aliphatic rings. The zero-order valence-corrected chi connectivity index (χ0v) is 11.7. The normalized spacial score (nSPS) is 11.9. The molecular formula is C15H15ClN2O2. The number of aromatic hydroxyl groups is 1. The number of anilines is 1. The standard InChI is InChI=1S/C15H15ClN2O2/c1-9(10-4-2-5-11(16)8-10)18-15(20)12-6-3-7-13(17)14(12)19/h2-9,19H,17H2,1H3,(H,18,20). The summed E-state index contributed by atoms with van der Waals surface area (Å²) in [6.07, 6.45) is 0. The average Bonchev–Trinajstić information content (AvgIpc) is 2.41. The predicted molar refractivity (Wildman–Crippen MR) is 79.9 cm³/mol. The molecule has 0 fully saturated rings. The van der Waals surface area contributed by atoms with E-state index in [1.54, 1.807) is 18.2 Å². The van der Waals surface area contributed by atoms with Crippen molar-refractivity contribution >= 4 is 23.2 Å². The monoisotopic (exact) mass is 290 g/mol. The van der Waals surface area contributed by atoms with Crippen LogP contribution in [-0.4, -0.2) is 11.0 Å². The highest BCUT2D eigenvalue weighted by Crippen LogP contribution is 2.25. The number of hydrogen-bond donors (Lipinski definition) is 3. The second kappa shape index (κ2) is 5.84. The molecule has 4 nitrogen and oxygen atoms in total. The first kappa shape index (κ1) is 14.2. The topological polar surface area (TPSA) is 75.4 Å². The first-order valence-electron chi connectivity index (χ1n) is 6.13. The van der Waals surface area contributed by atoms with Gasteiger partial charge >= 0.3 is 0 Å². The summed E-state index contributed by atoms with van der Waals surface area (Å²) in [5.41, 5.74) is 6.78. The van der Waals surface area contributed by atoms with E-state index in [1.807, 2.05) is 19.1 Å². The zero-order chi connectivity index (χ0) is 14.7. The van der Waals surface area contributed by atoms with Crippen molar-refractivity contribution < 1.29 is 9.90 Å². The molecule has 20 heavy (non-hydrogen) atoms. The van der Waals surface area contributed by atoms with Crippen LogP contribution in [0, 0.1) is 0 Å². The Morgan fingerprint density at radius 1 is 1.30 bits per heavy atom. The van der Waals surface area contributed by atoms with E-state index >= 15 is 0 Å². The highest BCUT2D eigenvalue weighted by Gasteiger charge is 2.16. The van der Waals surface area contributed by atoms with Crippen LogP contribution in [0.1, 0.15) is 28.9 Å². The second-order valence-corrected chi connectivity index (χ2v) is 4.93. The lowest BCUT2D eigenvalue weighted by Crippen LogP contribution is -2.26. The Bertz CT molecular complexity index is 644. The Morgan fingerprint density at radius 2 is 2.00 bits per heavy atom. The van der Waals surface area contributed by atoms with Gasteiger partial charge in [0.1, 0.15) is 0 Å². The molecular weight excluding hydrogens is 276 g/mol. The van der Waals surface area contributed by atoms with Gasteiger partial charge in [-0.1, -0.05) is 29.8 Å². The molecule has 2 rings (SSSR count). The number of nitrogens with one attached hydrogen (secondary N) is 1. The lowest BCUT2D eigenvalue weighted by Gasteiger charge is -2.15. The van der Waals surface area contributed by atoms with Crippen LogP contribution >= 0.6 is 11.6 Å². The van der Waals surface area contributed by atoms with Crippen LogP contribution in [-0.2, 0) is 0 Å². The molecule has 1 unspecified atom stereocenters. The van der Waals surface area contributed by atoms with Gasteiger partial charge in [-0.3, -0.25) is 4.79 Å². The van der Waals surface area contributed by atoms with Crippen LogP contribution in [0.4, 0.5) is 5.69 Å². The first-order valence-corrected chi connectivity index (χ1v) is 6.50. The molecule has 4 N–H and O–H groups in total. The number of amides is 1. The van der Waals surface area contributed by atoms with Crippen LogP contribution < -0.4 is 11.1 Å². The summed E-state index contributed by atoms with van der Waals surface area (Å²) in [7, 11) is 0. The number of para-hydroxylation sites is 1. The minimum absolute atomic E-state index is 0.152. The summed E-state index contributed by atoms with van der Waals surface area (Å²) >= 11 is 5.92. The van der Waals surface area contributed by atoms with Crippen molar-refractivity contribution in [3.05, 3.63) is 58.6 Å². The molecule has 2 aromatic carbocycles. The van der Waals surface area contributed by atoms with Crippen molar-refractivity contribution in [1.82, 2.24) is 5.32 Å². The van der Waals surface area contributed by atoms with Crippen LogP contribution in [0.3, 0.4) is 0 Å². The van der Waals surface area contributed by atoms with E-state index in [-0.39, 0.29) is 28.9 Å². The van der Waals surface area contributed by atoms with E-state index in [9.17, 15) is 9.90 Å². The predicted octanol–water partition coefficient (Wildman–Crippen LogP) is 3.12. The summed E-state index contributed by atoms with van der Waals surface area (Å²) < 4.78 is 0. The summed E-state index contributed by atoms with van der Waals surface area (Å²) in [5, 5.41) is 13.2. The molecule has 0 heterocycles. The lowest BCUT2D eigenvalue weighted by atomic mass is 10.1. The minimum Gasteiger partial charge on any atom is -0.505 e. The van der Waals surface area contributed by atoms with Crippen molar-refractivity contribution in [3.63, 3.8) is 0 Å². The largest absolute Gasteiger partial charge is 0.505 e. The number of rotatable bonds is 3. The summed E-state index contributed by atoms with van der Waals surface area (Å²) in [6.45, 7) is 1.84. The summed E-state index contributed by atoms with van der Waals surface area (Å²) in [5.74, 6) is -0.592. The molecule has 0 spiro atoms. The Hall–Kier alpha value is -2.20. The van der Waals surface area contributed by atoms with E-state index in [0.717, 1.165) is 5.56 Å². The van der Waals surface area contributed by atoms with Gasteiger partial charge in [-0.25, -0.2) is 0 Å². The van der Waals surface area contributed by atoms with E-state index in [4.69, 9.17) is 17.3 Å². The fourth-order valence-electron chi connectivity index (χ4n) is 1.88. The van der Waals surface area contributed by atoms with Gasteiger partial charge in [-0.2, -0.15) is 0 Å². The maximum absolute atomic E-state index is 12.1. The molecule has 1 amide bonds. The van der Waals surface area contributed by atoms with Gasteiger partial charge in [-0.15, -0.1) is 0 Å². The fraction of sp³-hybridized carbons (Fsp3) is 0.133. The van der Waals surface area contributed by atoms with Crippen molar-refractivity contribution in [2.45, 2.75) is 13.0 Å². The van der Waals surface area contributed by atoms with E-state index in [1.165, 1.54) is 12.1 Å². The minimum atomic E-state index is -0.387. The van der Waals surface area contributed by atoms with Gasteiger partial charge in [-0.05, 0) is 36.8 Å². The molecule has 0 radical (unpaired) electrons. The number of nitrogens with two attached hydrogens (primary N) is 1. The Morgan fingerprint density at radius 3 is 2.70 bits per heavy atom. The Balaban J connectivity index is 2.17. The molecule has 0 aliphatic carbocycles. The van der Waals surface area contributed by atoms with Gasteiger partial charge in [0.15, 0.2) is 5.75 Å². The van der Waals surface area contributed by atoms with Gasteiger partial charge in [0.2, 0.25) is 0 Å². The quantitative estimate of drug-likeness (QED) is 0.600. The van der Waals surface area contributed by atoms with Crippen LogP contribution in [0.25, 0.3) is 0 Å². The molecule has 0 bridgehead atoms. The number of nitrogen functional groups attached to an aromatic ring is 1. The van der Waals surface area contributed by atoms with Gasteiger partial charge in [0.05, 0.1) is 17.3 Å². The number of phenols is 1. The van der Waals surface area contributed by atoms with Crippen LogP contribution in [0.2, 0.25) is 5.02 Å². The third-order valence-corrected chi connectivity index (χ3v) is 3.24. The highest BCUT2D eigenvalue weighted by molar-refractivity contribution is 6.30. The first-order chi connectivity index (χ1) is 9.49. The molecule has 0 aliphatic heterocycles. The summed E-state index contributed by atoms with van der Waals surface area (Å²) in [4.78, 5) is 12.1. The third-order valence-electron chi connectivity index (χ3n) is 3.01. The zero-order valence-electron chi connectivity index (χ0n) is 10.9. The van der Waals surface area contributed by atoms with Crippen molar-refractivity contribution in [2.75, 3.05) is 5.73 Å². The number of phenolic OH excluding ortho intramolecular Hbond substituents is 1. The van der Waals surface area contributed by atoms with Crippen LogP contribution in [0.5, 0.6) is 5.75 Å². The van der Waals surface area contributed by atoms with Crippen LogP contribution in [0.15, 0.2) is 42.5 Å². The molecule has 104 valence electrons. The smallest absolute Gasteiger partial charge is 0.255 e. The van der Waals surface area contributed by atoms with Gasteiger partial charge in [0.25, 0.3) is 5.91 Å². The van der Waals surface area contributed by atoms with Crippen molar-refractivity contribution in [2.24, 2.45) is 0 Å². The number of halogens is 1. The summed E-state index contributed by atoms with van der Waals surface area (Å²) in [6, 6.07) is 11.7. The van der Waals surface area contributed by atoms with Gasteiger partial charge < -0.3 is 16.2 Å². The average molecular weight is 291 g/mol. The molecule has 0 saturated carbocycles. The Kier molecular flexibility index (Phi) is 4.15. The SMILES string of the molecule is CC(NC(=O)c1cccc(N)c1O)c1cccc(Cl)c1. The number of hydrogen-bond acceptors (Lipinski definition) is 3. The maximum Gasteiger partial charge on any atom is 0.255 e. The van der Waals surface area contributed by atoms with Crippen molar-refractivity contribution in [3.8, 4) is 5.75 Å². The van der Waals surface area contributed by atoms with E-state index in [2.05, 4.69) is 5.32 Å². The third kappa shape index (κ3) is 3.03. The van der Waals surface area contributed by atoms with E-state index in [0.29, 0.717) is 5.02 Å². The lowest BCUT2D eigenvalue weighted by molar-refractivity contribution is 0.0937. The maximum atomic E-state index is 12.1. The molecule has 5 heteroatoms. The Labute approximate surface area is 122 Å².